The first-order valence-electron chi connectivity index (χ1n) is 21.0. The van der Waals surface area contributed by atoms with Crippen molar-refractivity contribution in [1.82, 2.24) is 0 Å². The van der Waals surface area contributed by atoms with Crippen molar-refractivity contribution in [3.05, 3.63) is 252 Å². The zero-order chi connectivity index (χ0) is 41.9. The Kier molecular flexibility index (Phi) is 10.1. The van der Waals surface area contributed by atoms with Crippen molar-refractivity contribution >= 4 is 34.1 Å². The fourth-order valence-electron chi connectivity index (χ4n) is 9.07. The van der Waals surface area contributed by atoms with Crippen LogP contribution in [0.5, 0.6) is 0 Å². The lowest BCUT2D eigenvalue weighted by Crippen LogP contribution is -2.24. The first-order chi connectivity index (χ1) is 30.6. The van der Waals surface area contributed by atoms with Crippen LogP contribution in [0.25, 0.3) is 55.0 Å². The van der Waals surface area contributed by atoms with Gasteiger partial charge in [-0.25, -0.2) is 0 Å². The van der Waals surface area contributed by atoms with Crippen molar-refractivity contribution in [2.24, 2.45) is 5.11 Å². The van der Waals surface area contributed by atoms with Crippen LogP contribution >= 0.6 is 0 Å². The van der Waals surface area contributed by atoms with E-state index < -0.39 is 5.41 Å². The Bertz CT molecular complexity index is 3030. The zero-order valence-electron chi connectivity index (χ0n) is 34.4. The highest BCUT2D eigenvalue weighted by atomic mass is 15.2. The average Bonchev–Trinajstić information content (AvgIpc) is 3.59. The maximum atomic E-state index is 9.34. The van der Waals surface area contributed by atoms with E-state index in [1.165, 1.54) is 27.8 Å². The highest BCUT2D eigenvalue weighted by Crippen LogP contribution is 2.51. The lowest BCUT2D eigenvalue weighted by molar-refractivity contribution is 0.598. The summed E-state index contributed by atoms with van der Waals surface area (Å²) in [6, 6.07) is 82.0. The topological polar surface area (TPSA) is 55.2 Å². The van der Waals surface area contributed by atoms with Gasteiger partial charge in [0, 0.05) is 50.9 Å². The second-order valence-electron chi connectivity index (χ2n) is 15.9. The summed E-state index contributed by atoms with van der Waals surface area (Å²) in [5.74, 6) is 0. The maximum Gasteiger partial charge on any atom is 0.0540 e. The molecule has 0 N–H and O–H groups in total. The minimum Gasteiger partial charge on any atom is -0.310 e. The van der Waals surface area contributed by atoms with Crippen molar-refractivity contribution < 1.29 is 0 Å². The second-order valence-corrected chi connectivity index (χ2v) is 15.9. The first-order valence-corrected chi connectivity index (χ1v) is 21.0. The Balaban J connectivity index is 0.968. The van der Waals surface area contributed by atoms with Gasteiger partial charge >= 0.3 is 0 Å². The molecule has 5 heteroatoms. The number of hydrogen-bond donors (Lipinski definition) is 0. The summed E-state index contributed by atoms with van der Waals surface area (Å²) in [5, 5.41) is 4.09. The molecule has 0 heterocycles. The Morgan fingerprint density at radius 3 is 1.42 bits per heavy atom. The summed E-state index contributed by atoms with van der Waals surface area (Å²) in [6.45, 7) is 2.53. The molecule has 0 amide bonds. The lowest BCUT2D eigenvalue weighted by atomic mass is 9.80. The number of hydrogen-bond acceptors (Lipinski definition) is 3. The van der Waals surface area contributed by atoms with Crippen molar-refractivity contribution in [3.63, 3.8) is 0 Å². The molecule has 5 nitrogen and oxygen atoms in total. The van der Waals surface area contributed by atoms with Gasteiger partial charge < -0.3 is 9.80 Å². The number of anilines is 6. The van der Waals surface area contributed by atoms with Gasteiger partial charge in [0.25, 0.3) is 0 Å². The molecule has 296 valence electrons. The van der Waals surface area contributed by atoms with Crippen molar-refractivity contribution in [2.45, 2.75) is 12.3 Å². The molecule has 1 atom stereocenters. The molecule has 9 aromatic rings. The third-order valence-electron chi connectivity index (χ3n) is 12.2. The van der Waals surface area contributed by atoms with Gasteiger partial charge in [0.1, 0.15) is 0 Å². The Hall–Kier alpha value is -8.11. The van der Waals surface area contributed by atoms with Crippen LogP contribution in [0.2, 0.25) is 0 Å². The van der Waals surface area contributed by atoms with E-state index in [2.05, 4.69) is 251 Å². The molecule has 0 saturated heterocycles. The molecule has 1 aliphatic carbocycles. The summed E-state index contributed by atoms with van der Waals surface area (Å²) in [6.07, 6.45) is 0. The van der Waals surface area contributed by atoms with Crippen LogP contribution in [0.4, 0.5) is 34.1 Å². The van der Waals surface area contributed by atoms with Crippen LogP contribution in [0, 0.1) is 0 Å². The molecule has 1 aliphatic rings. The summed E-state index contributed by atoms with van der Waals surface area (Å²) >= 11 is 0. The van der Waals surface area contributed by atoms with Crippen molar-refractivity contribution in [3.8, 4) is 44.5 Å². The van der Waals surface area contributed by atoms with Gasteiger partial charge in [-0.2, -0.15) is 0 Å². The number of nitrogens with zero attached hydrogens (tertiary/aromatic N) is 5. The number of azide groups is 1. The standard InChI is InChI=1S/C57H43N5/c1-57(40-59-60-58)54-23-13-11-22-52(54)53-38-37-50(39-55(53)57)61(46-17-7-3-8-18-46)48-33-29-44(30-34-48)42-25-27-45(28-26-42)51-21-12-14-24-56(51)62(47-19-9-4-10-20-47)49-35-31-43(32-36-49)41-15-5-2-6-16-41/h2-39H,40H2,1H3. The van der Waals surface area contributed by atoms with Crippen LogP contribution in [-0.4, -0.2) is 6.54 Å². The molecular formula is C57H43N5. The smallest absolute Gasteiger partial charge is 0.0540 e. The third kappa shape index (κ3) is 7.07. The Morgan fingerprint density at radius 2 is 0.806 bits per heavy atom. The van der Waals surface area contributed by atoms with E-state index >= 15 is 0 Å². The van der Waals surface area contributed by atoms with Crippen molar-refractivity contribution in [2.75, 3.05) is 16.3 Å². The van der Waals surface area contributed by atoms with Gasteiger partial charge in [-0.1, -0.05) is 176 Å². The molecule has 10 rings (SSSR count). The minimum absolute atomic E-state index is 0.343. The van der Waals surface area contributed by atoms with Crippen LogP contribution < -0.4 is 9.80 Å². The normalized spacial score (nSPS) is 13.7. The molecular weight excluding hydrogens is 755 g/mol. The summed E-state index contributed by atoms with van der Waals surface area (Å²) in [7, 11) is 0. The fourth-order valence-corrected chi connectivity index (χ4v) is 9.07. The van der Waals surface area contributed by atoms with E-state index in [-0.39, 0.29) is 0 Å². The van der Waals surface area contributed by atoms with Crippen LogP contribution in [0.1, 0.15) is 18.1 Å². The van der Waals surface area contributed by atoms with Gasteiger partial charge in [-0.05, 0) is 122 Å². The predicted octanol–water partition coefficient (Wildman–Crippen LogP) is 16.2. The summed E-state index contributed by atoms with van der Waals surface area (Å²) < 4.78 is 0. The van der Waals surface area contributed by atoms with Gasteiger partial charge in [-0.3, -0.25) is 0 Å². The molecule has 9 aromatic carbocycles. The molecule has 0 fully saturated rings. The highest BCUT2D eigenvalue weighted by Gasteiger charge is 2.39. The Labute approximate surface area is 363 Å². The Morgan fingerprint density at radius 1 is 0.387 bits per heavy atom. The highest BCUT2D eigenvalue weighted by molar-refractivity contribution is 5.90. The van der Waals surface area contributed by atoms with Crippen LogP contribution in [0.15, 0.2) is 236 Å². The molecule has 62 heavy (non-hydrogen) atoms. The first kappa shape index (κ1) is 38.1. The average molecular weight is 798 g/mol. The second kappa shape index (κ2) is 16.5. The number of rotatable bonds is 11. The lowest BCUT2D eigenvalue weighted by Gasteiger charge is -2.29. The van der Waals surface area contributed by atoms with E-state index in [1.807, 2.05) is 6.07 Å². The van der Waals surface area contributed by atoms with Crippen molar-refractivity contribution in [1.29, 1.82) is 0 Å². The molecule has 0 bridgehead atoms. The molecule has 0 saturated carbocycles. The number of para-hydroxylation sites is 3. The van der Waals surface area contributed by atoms with E-state index in [0.717, 1.165) is 61.9 Å². The number of benzene rings is 9. The SMILES string of the molecule is CC1(CN=[N+]=[N-])c2ccccc2-c2ccc(N(c3ccccc3)c3ccc(-c4ccc(-c5ccccc5N(c5ccccc5)c5ccc(-c6ccccc6)cc5)cc4)cc3)cc21. The van der Waals surface area contributed by atoms with E-state index in [1.54, 1.807) is 0 Å². The fraction of sp³-hybridized carbons (Fsp3) is 0.0526. The summed E-state index contributed by atoms with van der Waals surface area (Å²) in [4.78, 5) is 7.80. The zero-order valence-corrected chi connectivity index (χ0v) is 34.4. The monoisotopic (exact) mass is 797 g/mol. The maximum absolute atomic E-state index is 9.34. The minimum atomic E-state index is -0.443. The van der Waals surface area contributed by atoms with Gasteiger partial charge in [-0.15, -0.1) is 0 Å². The molecule has 0 aliphatic heterocycles. The third-order valence-corrected chi connectivity index (χ3v) is 12.2. The molecule has 1 unspecified atom stereocenters. The molecule has 0 radical (unpaired) electrons. The predicted molar refractivity (Wildman–Crippen MR) is 258 cm³/mol. The van der Waals surface area contributed by atoms with Crippen LogP contribution in [-0.2, 0) is 5.41 Å². The molecule has 0 aromatic heterocycles. The van der Waals surface area contributed by atoms with Gasteiger partial charge in [0.2, 0.25) is 0 Å². The largest absolute Gasteiger partial charge is 0.310 e. The van der Waals surface area contributed by atoms with E-state index in [9.17, 15) is 5.53 Å². The van der Waals surface area contributed by atoms with Gasteiger partial charge in [0.05, 0.1) is 5.69 Å². The number of fused-ring (bicyclic) bond motifs is 3. The van der Waals surface area contributed by atoms with E-state index in [0.29, 0.717) is 6.54 Å². The summed E-state index contributed by atoms with van der Waals surface area (Å²) in [5.41, 5.74) is 27.0. The molecule has 0 spiro atoms. The van der Waals surface area contributed by atoms with Crippen LogP contribution in [0.3, 0.4) is 0 Å². The quantitative estimate of drug-likeness (QED) is 0.0743. The van der Waals surface area contributed by atoms with E-state index in [4.69, 9.17) is 0 Å². The van der Waals surface area contributed by atoms with Gasteiger partial charge in [0.15, 0.2) is 0 Å².